The fourth-order valence-corrected chi connectivity index (χ4v) is 2.25. The molecule has 2 aromatic rings. The van der Waals surface area contributed by atoms with E-state index < -0.39 is 0 Å². The first-order valence-corrected chi connectivity index (χ1v) is 6.24. The van der Waals surface area contributed by atoms with Crippen LogP contribution in [0.1, 0.15) is 0 Å². The molecule has 0 spiro atoms. The summed E-state index contributed by atoms with van der Waals surface area (Å²) in [5.74, 6) is -0.293. The summed E-state index contributed by atoms with van der Waals surface area (Å²) in [5, 5.41) is 0. The van der Waals surface area contributed by atoms with E-state index in [1.54, 1.807) is 6.07 Å². The molecule has 0 aromatic heterocycles. The fraction of sp³-hybridized carbons (Fsp3) is 0.0769. The zero-order valence-corrected chi connectivity index (χ0v) is 10.9. The third-order valence-electron chi connectivity index (χ3n) is 2.77. The van der Waals surface area contributed by atoms with Gasteiger partial charge >= 0.3 is 0 Å². The average molecular weight is 309 g/mol. The van der Waals surface area contributed by atoms with Crippen molar-refractivity contribution in [1.82, 2.24) is 0 Å². The maximum Gasteiger partial charge on any atom is 0.150 e. The molecule has 0 amide bonds. The van der Waals surface area contributed by atoms with Crippen LogP contribution in [0.25, 0.3) is 0 Å². The quantitative estimate of drug-likeness (QED) is 0.860. The summed E-state index contributed by atoms with van der Waals surface area (Å²) in [5.41, 5.74) is 5.24. The predicted octanol–water partition coefficient (Wildman–Crippen LogP) is 4.04. The second-order valence-corrected chi connectivity index (χ2v) is 4.78. The van der Waals surface area contributed by atoms with Crippen LogP contribution in [0.3, 0.4) is 0 Å². The van der Waals surface area contributed by atoms with Crippen LogP contribution in [-0.2, 0) is 4.84 Å². The van der Waals surface area contributed by atoms with Crippen LogP contribution < -0.4 is 10.4 Å². The van der Waals surface area contributed by atoms with E-state index in [-0.39, 0.29) is 5.82 Å². The van der Waals surface area contributed by atoms with Gasteiger partial charge in [-0.2, -0.15) is 0 Å². The predicted molar refractivity (Wildman–Crippen MR) is 72.3 cm³/mol. The maximum absolute atomic E-state index is 13.7. The number of hydrogen-bond donors (Lipinski definition) is 1. The number of halogens is 2. The molecule has 0 fully saturated rings. The van der Waals surface area contributed by atoms with E-state index >= 15 is 0 Å². The average Bonchev–Trinajstić information content (AvgIpc) is 2.40. The highest BCUT2D eigenvalue weighted by Crippen LogP contribution is 2.37. The van der Waals surface area contributed by atoms with Gasteiger partial charge in [0.25, 0.3) is 0 Å². The largest absolute Gasteiger partial charge is 0.313 e. The molecule has 5 heteroatoms. The lowest BCUT2D eigenvalue weighted by molar-refractivity contribution is 0.193. The molecule has 1 aliphatic rings. The summed E-state index contributed by atoms with van der Waals surface area (Å²) >= 11 is 3.16. The van der Waals surface area contributed by atoms with Crippen molar-refractivity contribution in [3.63, 3.8) is 0 Å². The van der Waals surface area contributed by atoms with Crippen molar-refractivity contribution in [1.29, 1.82) is 0 Å². The van der Waals surface area contributed by atoms with Crippen molar-refractivity contribution in [2.45, 2.75) is 0 Å². The minimum absolute atomic E-state index is 0.293. The molecular formula is C13H10BrFN2O. The summed E-state index contributed by atoms with van der Waals surface area (Å²) in [6.07, 6.45) is 0. The molecular weight excluding hydrogens is 299 g/mol. The molecule has 0 unspecified atom stereocenters. The Hall–Kier alpha value is -1.59. The Kier molecular flexibility index (Phi) is 2.93. The van der Waals surface area contributed by atoms with Crippen molar-refractivity contribution in [3.05, 3.63) is 52.8 Å². The van der Waals surface area contributed by atoms with Crippen LogP contribution in [0.5, 0.6) is 0 Å². The highest BCUT2D eigenvalue weighted by molar-refractivity contribution is 9.10. The van der Waals surface area contributed by atoms with E-state index in [9.17, 15) is 4.39 Å². The normalized spacial score (nSPS) is 14.0. The molecule has 3 nitrogen and oxygen atoms in total. The van der Waals surface area contributed by atoms with E-state index in [1.807, 2.05) is 35.2 Å². The SMILES string of the molecule is Fc1cc2c(cc1Br)NOCN2c1ccccc1. The van der Waals surface area contributed by atoms with E-state index in [0.29, 0.717) is 11.2 Å². The van der Waals surface area contributed by atoms with Crippen molar-refractivity contribution in [3.8, 4) is 0 Å². The highest BCUT2D eigenvalue weighted by atomic mass is 79.9. The second kappa shape index (κ2) is 4.59. The molecule has 0 radical (unpaired) electrons. The lowest BCUT2D eigenvalue weighted by Gasteiger charge is -2.31. The Balaban J connectivity index is 2.09. The molecule has 2 aromatic carbocycles. The van der Waals surface area contributed by atoms with Gasteiger partial charge in [-0.05, 0) is 34.1 Å². The van der Waals surface area contributed by atoms with Gasteiger partial charge in [-0.1, -0.05) is 18.2 Å². The minimum atomic E-state index is -0.293. The first-order valence-electron chi connectivity index (χ1n) is 5.45. The zero-order chi connectivity index (χ0) is 12.5. The molecule has 92 valence electrons. The van der Waals surface area contributed by atoms with Gasteiger partial charge in [-0.25, -0.2) is 4.39 Å². The molecule has 0 saturated heterocycles. The summed E-state index contributed by atoms with van der Waals surface area (Å²) in [7, 11) is 0. The van der Waals surface area contributed by atoms with Crippen LogP contribution in [-0.4, -0.2) is 6.73 Å². The third kappa shape index (κ3) is 1.95. The van der Waals surface area contributed by atoms with Crippen molar-refractivity contribution < 1.29 is 9.23 Å². The van der Waals surface area contributed by atoms with Crippen molar-refractivity contribution in [2.75, 3.05) is 17.1 Å². The van der Waals surface area contributed by atoms with Crippen molar-refractivity contribution in [2.24, 2.45) is 0 Å². The second-order valence-electron chi connectivity index (χ2n) is 3.92. The van der Waals surface area contributed by atoms with Gasteiger partial charge in [0.05, 0.1) is 15.8 Å². The van der Waals surface area contributed by atoms with E-state index in [2.05, 4.69) is 21.4 Å². The molecule has 0 bridgehead atoms. The fourth-order valence-electron chi connectivity index (χ4n) is 1.91. The number of para-hydroxylation sites is 1. The Morgan fingerprint density at radius 2 is 2.00 bits per heavy atom. The Morgan fingerprint density at radius 3 is 2.78 bits per heavy atom. The lowest BCUT2D eigenvalue weighted by Crippen LogP contribution is -2.28. The topological polar surface area (TPSA) is 24.5 Å². The summed E-state index contributed by atoms with van der Waals surface area (Å²) in [6.45, 7) is 0.331. The number of benzene rings is 2. The third-order valence-corrected chi connectivity index (χ3v) is 3.38. The summed E-state index contributed by atoms with van der Waals surface area (Å²) in [6, 6.07) is 12.9. The first-order chi connectivity index (χ1) is 8.75. The van der Waals surface area contributed by atoms with Gasteiger partial charge in [0.1, 0.15) is 5.82 Å². The molecule has 18 heavy (non-hydrogen) atoms. The Morgan fingerprint density at radius 1 is 1.22 bits per heavy atom. The van der Waals surface area contributed by atoms with Gasteiger partial charge in [0.2, 0.25) is 0 Å². The van der Waals surface area contributed by atoms with E-state index in [1.165, 1.54) is 6.07 Å². The number of anilines is 3. The van der Waals surface area contributed by atoms with Crippen LogP contribution in [0, 0.1) is 5.82 Å². The lowest BCUT2D eigenvalue weighted by atomic mass is 10.2. The molecule has 3 rings (SSSR count). The number of hydrogen-bond acceptors (Lipinski definition) is 3. The van der Waals surface area contributed by atoms with Crippen molar-refractivity contribution >= 4 is 33.0 Å². The van der Waals surface area contributed by atoms with Gasteiger partial charge in [0.15, 0.2) is 6.73 Å². The van der Waals surface area contributed by atoms with Crippen LogP contribution in [0.2, 0.25) is 0 Å². The molecule has 0 saturated carbocycles. The molecule has 0 aliphatic carbocycles. The van der Waals surface area contributed by atoms with E-state index in [0.717, 1.165) is 17.1 Å². The first kappa shape index (κ1) is 11.5. The number of nitrogens with one attached hydrogen (secondary N) is 1. The standard InChI is InChI=1S/C13H10BrFN2O/c14-10-6-12-13(7-11(10)15)17(8-18-16-12)9-4-2-1-3-5-9/h1-7,16H,8H2. The smallest absolute Gasteiger partial charge is 0.150 e. The van der Waals surface area contributed by atoms with Crippen LogP contribution in [0.4, 0.5) is 21.5 Å². The minimum Gasteiger partial charge on any atom is -0.313 e. The van der Waals surface area contributed by atoms with Gasteiger partial charge < -0.3 is 4.90 Å². The zero-order valence-electron chi connectivity index (χ0n) is 9.36. The molecule has 1 N–H and O–H groups in total. The van der Waals surface area contributed by atoms with Crippen LogP contribution in [0.15, 0.2) is 46.9 Å². The summed E-state index contributed by atoms with van der Waals surface area (Å²) in [4.78, 5) is 7.19. The van der Waals surface area contributed by atoms with Crippen LogP contribution >= 0.6 is 15.9 Å². The monoisotopic (exact) mass is 308 g/mol. The Labute approximate surface area is 112 Å². The molecule has 1 aliphatic heterocycles. The van der Waals surface area contributed by atoms with Gasteiger partial charge in [0, 0.05) is 11.8 Å². The number of fused-ring (bicyclic) bond motifs is 1. The number of rotatable bonds is 1. The molecule has 1 heterocycles. The highest BCUT2D eigenvalue weighted by Gasteiger charge is 2.20. The van der Waals surface area contributed by atoms with Gasteiger partial charge in [-0.15, -0.1) is 0 Å². The summed E-state index contributed by atoms with van der Waals surface area (Å²) < 4.78 is 14.1. The maximum atomic E-state index is 13.7. The molecule has 0 atom stereocenters. The number of nitrogens with zero attached hydrogens (tertiary/aromatic N) is 1. The van der Waals surface area contributed by atoms with Gasteiger partial charge in [-0.3, -0.25) is 10.3 Å². The Bertz CT molecular complexity index is 577. The van der Waals surface area contributed by atoms with E-state index in [4.69, 9.17) is 4.84 Å².